The number of carbonyl (C=O) groups excluding carboxylic acids is 3. The van der Waals surface area contributed by atoms with E-state index in [-0.39, 0.29) is 29.5 Å². The molecular formula is C21H25N3O5. The topological polar surface area (TPSA) is 113 Å². The van der Waals surface area contributed by atoms with E-state index in [4.69, 9.17) is 15.2 Å². The number of esters is 2. The Morgan fingerprint density at radius 3 is 2.52 bits per heavy atom. The molecule has 1 aromatic heterocycles. The molecule has 8 nitrogen and oxygen atoms in total. The average Bonchev–Trinajstić information content (AvgIpc) is 3.32. The van der Waals surface area contributed by atoms with Gasteiger partial charge in [0.1, 0.15) is 5.56 Å². The first-order valence-corrected chi connectivity index (χ1v) is 9.46. The van der Waals surface area contributed by atoms with E-state index in [1.807, 2.05) is 10.6 Å². The van der Waals surface area contributed by atoms with Gasteiger partial charge in [-0.25, -0.2) is 9.59 Å². The number of nitrogens with zero attached hydrogens (tertiary/aromatic N) is 1. The molecule has 2 heterocycles. The number of benzene rings is 1. The fourth-order valence-corrected chi connectivity index (χ4v) is 3.62. The lowest BCUT2D eigenvalue weighted by Crippen LogP contribution is -2.26. The third-order valence-electron chi connectivity index (χ3n) is 5.15. The maximum Gasteiger partial charge on any atom is 0.340 e. The van der Waals surface area contributed by atoms with Crippen LogP contribution in [0.1, 0.15) is 39.8 Å². The van der Waals surface area contributed by atoms with Gasteiger partial charge in [-0.1, -0.05) is 19.1 Å². The van der Waals surface area contributed by atoms with Crippen LogP contribution in [0.5, 0.6) is 0 Å². The van der Waals surface area contributed by atoms with Crippen molar-refractivity contribution in [2.24, 2.45) is 11.7 Å². The molecule has 154 valence electrons. The maximum atomic E-state index is 12.6. The minimum atomic E-state index is -0.603. The van der Waals surface area contributed by atoms with Crippen LogP contribution in [0, 0.1) is 5.92 Å². The lowest BCUT2D eigenvalue weighted by atomic mass is 10.0. The molecule has 1 aliphatic rings. The highest BCUT2D eigenvalue weighted by atomic mass is 16.5. The minimum Gasteiger partial charge on any atom is -0.465 e. The number of nitrogens with one attached hydrogen (secondary N) is 1. The molecule has 1 amide bonds. The van der Waals surface area contributed by atoms with Gasteiger partial charge >= 0.3 is 11.9 Å². The molecule has 3 N–H and O–H groups in total. The van der Waals surface area contributed by atoms with Crippen molar-refractivity contribution in [2.75, 3.05) is 26.1 Å². The molecule has 1 atom stereocenters. The van der Waals surface area contributed by atoms with Gasteiger partial charge in [0.15, 0.2) is 0 Å². The van der Waals surface area contributed by atoms with Crippen molar-refractivity contribution in [2.45, 2.75) is 26.3 Å². The van der Waals surface area contributed by atoms with Gasteiger partial charge in [-0.2, -0.15) is 0 Å². The monoisotopic (exact) mass is 399 g/mol. The third kappa shape index (κ3) is 3.75. The number of ether oxygens (including phenoxy) is 2. The van der Waals surface area contributed by atoms with Crippen molar-refractivity contribution >= 4 is 23.5 Å². The smallest absolute Gasteiger partial charge is 0.340 e. The van der Waals surface area contributed by atoms with E-state index in [9.17, 15) is 14.4 Å². The van der Waals surface area contributed by atoms with Gasteiger partial charge in [0.2, 0.25) is 5.91 Å². The summed E-state index contributed by atoms with van der Waals surface area (Å²) in [5.74, 6) is -1.68. The minimum absolute atomic E-state index is 0.187. The zero-order valence-corrected chi connectivity index (χ0v) is 16.8. The van der Waals surface area contributed by atoms with Gasteiger partial charge < -0.3 is 25.1 Å². The van der Waals surface area contributed by atoms with Gasteiger partial charge in [-0.3, -0.25) is 4.79 Å². The van der Waals surface area contributed by atoms with Crippen LogP contribution in [0.2, 0.25) is 0 Å². The molecule has 29 heavy (non-hydrogen) atoms. The molecular weight excluding hydrogens is 374 g/mol. The predicted octanol–water partition coefficient (Wildman–Crippen LogP) is 2.21. The molecule has 0 saturated heterocycles. The molecule has 0 radical (unpaired) electrons. The number of hydrogen-bond acceptors (Lipinski definition) is 6. The van der Waals surface area contributed by atoms with E-state index in [0.29, 0.717) is 29.9 Å². The quantitative estimate of drug-likeness (QED) is 0.720. The van der Waals surface area contributed by atoms with Crippen LogP contribution in [0.4, 0.5) is 5.69 Å². The second kappa shape index (κ2) is 8.48. The SMILES string of the molecule is COC(=O)c1c(C(=O)OC)c(-c2cccc(NC(=O)C(C)CN)c2)n2c1CCC2. The largest absolute Gasteiger partial charge is 0.465 e. The van der Waals surface area contributed by atoms with Crippen LogP contribution in [0.3, 0.4) is 0 Å². The molecule has 0 spiro atoms. The van der Waals surface area contributed by atoms with E-state index >= 15 is 0 Å². The number of methoxy groups -OCH3 is 2. The second-order valence-corrected chi connectivity index (χ2v) is 6.99. The van der Waals surface area contributed by atoms with Crippen molar-refractivity contribution in [1.29, 1.82) is 0 Å². The first kappa shape index (κ1) is 20.6. The Morgan fingerprint density at radius 2 is 1.86 bits per heavy atom. The number of hydrogen-bond donors (Lipinski definition) is 2. The molecule has 0 aliphatic carbocycles. The highest BCUT2D eigenvalue weighted by Crippen LogP contribution is 2.37. The van der Waals surface area contributed by atoms with Crippen LogP contribution >= 0.6 is 0 Å². The molecule has 1 unspecified atom stereocenters. The number of nitrogens with two attached hydrogens (primary N) is 1. The van der Waals surface area contributed by atoms with E-state index in [0.717, 1.165) is 12.1 Å². The van der Waals surface area contributed by atoms with Crippen molar-refractivity contribution in [1.82, 2.24) is 4.57 Å². The molecule has 0 fully saturated rings. The van der Waals surface area contributed by atoms with Crippen LogP contribution in [0.15, 0.2) is 24.3 Å². The summed E-state index contributed by atoms with van der Waals surface area (Å²) < 4.78 is 11.9. The Bertz CT molecular complexity index is 963. The van der Waals surface area contributed by atoms with E-state index in [2.05, 4.69) is 5.32 Å². The molecule has 3 rings (SSSR count). The first-order valence-electron chi connectivity index (χ1n) is 9.46. The summed E-state index contributed by atoms with van der Waals surface area (Å²) in [6.45, 7) is 2.66. The predicted molar refractivity (Wildman–Crippen MR) is 108 cm³/mol. The Labute approximate surface area is 169 Å². The van der Waals surface area contributed by atoms with Crippen LogP contribution in [-0.2, 0) is 27.2 Å². The zero-order valence-electron chi connectivity index (χ0n) is 16.8. The Hall–Kier alpha value is -3.13. The lowest BCUT2D eigenvalue weighted by Gasteiger charge is -2.13. The molecule has 0 saturated carbocycles. The Balaban J connectivity index is 2.14. The molecule has 1 aliphatic heterocycles. The summed E-state index contributed by atoms with van der Waals surface area (Å²) in [7, 11) is 2.57. The lowest BCUT2D eigenvalue weighted by molar-refractivity contribution is -0.119. The summed E-state index contributed by atoms with van der Waals surface area (Å²) in [5, 5.41) is 2.84. The number of amides is 1. The zero-order chi connectivity index (χ0) is 21.1. The Kier molecular flexibility index (Phi) is 6.03. The molecule has 8 heteroatoms. The van der Waals surface area contributed by atoms with Crippen molar-refractivity contribution < 1.29 is 23.9 Å². The summed E-state index contributed by atoms with van der Waals surface area (Å²) in [5.41, 5.74) is 8.63. The second-order valence-electron chi connectivity index (χ2n) is 6.99. The number of carbonyl (C=O) groups is 3. The molecule has 2 aromatic rings. The summed E-state index contributed by atoms with van der Waals surface area (Å²) in [6, 6.07) is 7.15. The average molecular weight is 399 g/mol. The van der Waals surface area contributed by atoms with E-state index < -0.39 is 11.9 Å². The van der Waals surface area contributed by atoms with E-state index in [1.54, 1.807) is 25.1 Å². The van der Waals surface area contributed by atoms with Crippen molar-refractivity contribution in [3.05, 3.63) is 41.1 Å². The highest BCUT2D eigenvalue weighted by molar-refractivity contribution is 6.09. The van der Waals surface area contributed by atoms with Gasteiger partial charge in [-0.15, -0.1) is 0 Å². The first-order chi connectivity index (χ1) is 13.9. The summed E-state index contributed by atoms with van der Waals surface area (Å²) in [4.78, 5) is 37.3. The number of anilines is 1. The fourth-order valence-electron chi connectivity index (χ4n) is 3.62. The number of aromatic nitrogens is 1. The van der Waals surface area contributed by atoms with Gasteiger partial charge in [0, 0.05) is 36.0 Å². The standard InChI is InChI=1S/C21H25N3O5/c1-12(11-22)19(25)23-14-7-4-6-13(10-14)18-17(21(27)29-3)16(20(26)28-2)15-8-5-9-24(15)18/h4,6-7,10,12H,5,8-9,11,22H2,1-3H3,(H,23,25). The number of fused-ring (bicyclic) bond motifs is 1. The maximum absolute atomic E-state index is 12.6. The molecule has 1 aromatic carbocycles. The van der Waals surface area contributed by atoms with Crippen molar-refractivity contribution in [3.8, 4) is 11.3 Å². The van der Waals surface area contributed by atoms with Crippen LogP contribution in [-0.4, -0.2) is 43.2 Å². The van der Waals surface area contributed by atoms with Crippen molar-refractivity contribution in [3.63, 3.8) is 0 Å². The normalized spacial score (nSPS) is 13.5. The fraction of sp³-hybridized carbons (Fsp3) is 0.381. The summed E-state index contributed by atoms with van der Waals surface area (Å²) >= 11 is 0. The van der Waals surface area contributed by atoms with Gasteiger partial charge in [0.25, 0.3) is 0 Å². The highest BCUT2D eigenvalue weighted by Gasteiger charge is 2.34. The summed E-state index contributed by atoms with van der Waals surface area (Å²) in [6.07, 6.45) is 1.52. The van der Waals surface area contributed by atoms with E-state index in [1.165, 1.54) is 14.2 Å². The van der Waals surface area contributed by atoms with Crippen LogP contribution in [0.25, 0.3) is 11.3 Å². The molecule has 0 bridgehead atoms. The van der Waals surface area contributed by atoms with Gasteiger partial charge in [0.05, 0.1) is 25.5 Å². The van der Waals surface area contributed by atoms with Gasteiger partial charge in [-0.05, 0) is 25.0 Å². The van der Waals surface area contributed by atoms with Crippen LogP contribution < -0.4 is 11.1 Å². The number of rotatable bonds is 6. The third-order valence-corrected chi connectivity index (χ3v) is 5.15. The Morgan fingerprint density at radius 1 is 1.17 bits per heavy atom.